The van der Waals surface area contributed by atoms with Gasteiger partial charge in [-0.1, -0.05) is 46.2 Å². The Morgan fingerprint density at radius 1 is 1.11 bits per heavy atom. The summed E-state index contributed by atoms with van der Waals surface area (Å²) in [7, 11) is 0. The van der Waals surface area contributed by atoms with Gasteiger partial charge in [0, 0.05) is 0 Å². The highest BCUT2D eigenvalue weighted by Gasteiger charge is 2.08. The first-order chi connectivity index (χ1) is 8.56. The first-order valence-electron chi connectivity index (χ1n) is 7.37. The summed E-state index contributed by atoms with van der Waals surface area (Å²) in [5.74, 6) is 2.07. The molecule has 0 saturated heterocycles. The Morgan fingerprint density at radius 3 is 2.44 bits per heavy atom. The van der Waals surface area contributed by atoms with E-state index in [2.05, 4.69) is 39.8 Å². The maximum Gasteiger partial charge on any atom is 0.118 e. The second-order valence-electron chi connectivity index (χ2n) is 5.71. The van der Waals surface area contributed by atoms with Gasteiger partial charge in [0.2, 0.25) is 0 Å². The van der Waals surface area contributed by atoms with Crippen molar-refractivity contribution in [3.05, 3.63) is 29.3 Å². The second kappa shape index (κ2) is 7.45. The Bertz CT molecular complexity index is 357. The Hall–Kier alpha value is -0.980. The largest absolute Gasteiger partial charge is 0.508 e. The fourth-order valence-electron chi connectivity index (χ4n) is 2.46. The number of phenolic OH excluding ortho intramolecular Hbond substituents is 1. The van der Waals surface area contributed by atoms with Crippen LogP contribution < -0.4 is 0 Å². The monoisotopic (exact) mass is 248 g/mol. The molecular formula is C17H28O. The van der Waals surface area contributed by atoms with Gasteiger partial charge in [0.15, 0.2) is 0 Å². The van der Waals surface area contributed by atoms with Crippen molar-refractivity contribution in [2.24, 2.45) is 11.8 Å². The van der Waals surface area contributed by atoms with E-state index >= 15 is 0 Å². The zero-order valence-corrected chi connectivity index (χ0v) is 12.4. The third-order valence-corrected chi connectivity index (χ3v) is 3.95. The molecule has 0 saturated carbocycles. The van der Waals surface area contributed by atoms with E-state index in [9.17, 15) is 5.11 Å². The minimum atomic E-state index is 0.439. The van der Waals surface area contributed by atoms with Crippen molar-refractivity contribution in [3.63, 3.8) is 0 Å². The zero-order valence-electron chi connectivity index (χ0n) is 12.4. The first kappa shape index (κ1) is 15.1. The average Bonchev–Trinajstić information content (AvgIpc) is 2.37. The summed E-state index contributed by atoms with van der Waals surface area (Å²) in [4.78, 5) is 0. The predicted octanol–water partition coefficient (Wildman–Crippen LogP) is 4.96. The molecule has 0 radical (unpaired) electrons. The molecule has 0 spiro atoms. The van der Waals surface area contributed by atoms with Crippen molar-refractivity contribution in [3.8, 4) is 5.75 Å². The lowest BCUT2D eigenvalue weighted by Gasteiger charge is -2.16. The quantitative estimate of drug-likeness (QED) is 0.723. The van der Waals surface area contributed by atoms with E-state index in [1.54, 1.807) is 0 Å². The van der Waals surface area contributed by atoms with E-state index in [1.165, 1.54) is 24.8 Å². The number of rotatable bonds is 7. The molecule has 1 N–H and O–H groups in total. The molecule has 1 aromatic carbocycles. The summed E-state index contributed by atoms with van der Waals surface area (Å²) >= 11 is 0. The Balaban J connectivity index is 2.48. The van der Waals surface area contributed by atoms with Gasteiger partial charge < -0.3 is 5.11 Å². The molecule has 0 bridgehead atoms. The van der Waals surface area contributed by atoms with Crippen LogP contribution >= 0.6 is 0 Å². The highest BCUT2D eigenvalue weighted by atomic mass is 16.3. The van der Waals surface area contributed by atoms with Crippen molar-refractivity contribution >= 4 is 0 Å². The predicted molar refractivity (Wildman–Crippen MR) is 79.0 cm³/mol. The Kier molecular flexibility index (Phi) is 6.24. The minimum absolute atomic E-state index is 0.439. The van der Waals surface area contributed by atoms with Crippen LogP contribution in [-0.2, 0) is 12.8 Å². The lowest BCUT2D eigenvalue weighted by molar-refractivity contribution is 0.387. The molecule has 1 unspecified atom stereocenters. The zero-order chi connectivity index (χ0) is 13.5. The molecule has 0 aliphatic heterocycles. The van der Waals surface area contributed by atoms with Gasteiger partial charge in [-0.05, 0) is 54.7 Å². The molecule has 1 nitrogen and oxygen atoms in total. The fraction of sp³-hybridized carbons (Fsp3) is 0.647. The number of benzene rings is 1. The standard InChI is InChI=1S/C17H28O/c1-5-13(3)11-14(4)7-8-15-9-10-17(18)16(6-2)12-15/h9-10,12-14,18H,5-8,11H2,1-4H3/t13-,14?/m1/s1. The van der Waals surface area contributed by atoms with E-state index in [4.69, 9.17) is 0 Å². The van der Waals surface area contributed by atoms with E-state index in [-0.39, 0.29) is 0 Å². The van der Waals surface area contributed by atoms with Crippen molar-refractivity contribution in [2.75, 3.05) is 0 Å². The van der Waals surface area contributed by atoms with E-state index < -0.39 is 0 Å². The van der Waals surface area contributed by atoms with Gasteiger partial charge in [-0.3, -0.25) is 0 Å². The number of hydrogen-bond acceptors (Lipinski definition) is 1. The fourth-order valence-corrected chi connectivity index (χ4v) is 2.46. The van der Waals surface area contributed by atoms with Gasteiger partial charge in [0.25, 0.3) is 0 Å². The van der Waals surface area contributed by atoms with Crippen molar-refractivity contribution in [1.29, 1.82) is 0 Å². The number of aryl methyl sites for hydroxylation is 2. The van der Waals surface area contributed by atoms with Crippen molar-refractivity contribution < 1.29 is 5.11 Å². The van der Waals surface area contributed by atoms with E-state index in [0.29, 0.717) is 5.75 Å². The summed E-state index contributed by atoms with van der Waals surface area (Å²) in [6.07, 6.45) is 5.89. The van der Waals surface area contributed by atoms with E-state index in [0.717, 1.165) is 30.2 Å². The SMILES string of the molecule is CCc1cc(CCC(C)C[C@H](C)CC)ccc1O. The summed E-state index contributed by atoms with van der Waals surface area (Å²) in [5, 5.41) is 9.66. The van der Waals surface area contributed by atoms with Crippen LogP contribution in [0.5, 0.6) is 5.75 Å². The molecular weight excluding hydrogens is 220 g/mol. The molecule has 1 aromatic rings. The first-order valence-corrected chi connectivity index (χ1v) is 7.37. The normalized spacial score (nSPS) is 14.4. The van der Waals surface area contributed by atoms with Crippen molar-refractivity contribution in [2.45, 2.75) is 59.8 Å². The lowest BCUT2D eigenvalue weighted by Crippen LogP contribution is -2.04. The summed E-state index contributed by atoms with van der Waals surface area (Å²) in [6, 6.07) is 6.06. The highest BCUT2D eigenvalue weighted by molar-refractivity contribution is 5.36. The van der Waals surface area contributed by atoms with Crippen LogP contribution in [0.1, 0.15) is 58.1 Å². The van der Waals surface area contributed by atoms with Gasteiger partial charge in [-0.15, -0.1) is 0 Å². The van der Waals surface area contributed by atoms with Gasteiger partial charge >= 0.3 is 0 Å². The van der Waals surface area contributed by atoms with Crippen LogP contribution in [0.2, 0.25) is 0 Å². The summed E-state index contributed by atoms with van der Waals surface area (Å²) in [5.41, 5.74) is 2.43. The molecule has 0 aromatic heterocycles. The molecule has 0 aliphatic rings. The molecule has 1 rings (SSSR count). The number of aromatic hydroxyl groups is 1. The average molecular weight is 248 g/mol. The Labute approximate surface area is 112 Å². The summed E-state index contributed by atoms with van der Waals surface area (Å²) in [6.45, 7) is 9.05. The van der Waals surface area contributed by atoms with Crippen LogP contribution in [0.15, 0.2) is 18.2 Å². The maximum atomic E-state index is 9.66. The minimum Gasteiger partial charge on any atom is -0.508 e. The number of phenols is 1. The second-order valence-corrected chi connectivity index (χ2v) is 5.71. The van der Waals surface area contributed by atoms with Crippen LogP contribution in [0.3, 0.4) is 0 Å². The van der Waals surface area contributed by atoms with Gasteiger partial charge in [-0.25, -0.2) is 0 Å². The van der Waals surface area contributed by atoms with Gasteiger partial charge in [0.1, 0.15) is 5.75 Å². The van der Waals surface area contributed by atoms with Gasteiger partial charge in [-0.2, -0.15) is 0 Å². The molecule has 1 heteroatoms. The molecule has 0 fully saturated rings. The molecule has 0 amide bonds. The summed E-state index contributed by atoms with van der Waals surface area (Å²) < 4.78 is 0. The maximum absolute atomic E-state index is 9.66. The number of hydrogen-bond donors (Lipinski definition) is 1. The molecule has 0 heterocycles. The molecule has 2 atom stereocenters. The smallest absolute Gasteiger partial charge is 0.118 e. The van der Waals surface area contributed by atoms with E-state index in [1.807, 2.05) is 6.07 Å². The molecule has 102 valence electrons. The van der Waals surface area contributed by atoms with Crippen LogP contribution in [0.25, 0.3) is 0 Å². The third-order valence-electron chi connectivity index (χ3n) is 3.95. The molecule has 0 aliphatic carbocycles. The third kappa shape index (κ3) is 4.72. The highest BCUT2D eigenvalue weighted by Crippen LogP contribution is 2.23. The van der Waals surface area contributed by atoms with Gasteiger partial charge in [0.05, 0.1) is 0 Å². The van der Waals surface area contributed by atoms with Crippen LogP contribution in [0.4, 0.5) is 0 Å². The van der Waals surface area contributed by atoms with Crippen molar-refractivity contribution in [1.82, 2.24) is 0 Å². The van der Waals surface area contributed by atoms with Crippen LogP contribution in [0, 0.1) is 11.8 Å². The van der Waals surface area contributed by atoms with Crippen LogP contribution in [-0.4, -0.2) is 5.11 Å². The topological polar surface area (TPSA) is 20.2 Å². The lowest BCUT2D eigenvalue weighted by atomic mass is 9.90. The molecule has 18 heavy (non-hydrogen) atoms. The Morgan fingerprint density at radius 2 is 1.83 bits per heavy atom.